The first-order chi connectivity index (χ1) is 11.1. The summed E-state index contributed by atoms with van der Waals surface area (Å²) < 4.78 is 5.51. The lowest BCUT2D eigenvalue weighted by Crippen LogP contribution is -2.30. The van der Waals surface area contributed by atoms with Crippen LogP contribution < -0.4 is 5.73 Å². The van der Waals surface area contributed by atoms with Crippen LogP contribution in [-0.4, -0.2) is 22.5 Å². The van der Waals surface area contributed by atoms with E-state index in [1.807, 2.05) is 6.07 Å². The van der Waals surface area contributed by atoms with Crippen LogP contribution >= 0.6 is 24.6 Å². The van der Waals surface area contributed by atoms with Gasteiger partial charge >= 0.3 is 5.97 Å². The number of carbonyl (C=O) groups excluding carboxylic acids is 1. The minimum absolute atomic E-state index is 0. The number of esters is 1. The van der Waals surface area contributed by atoms with Gasteiger partial charge in [0.25, 0.3) is 0 Å². The second-order valence-electron chi connectivity index (χ2n) is 6.40. The highest BCUT2D eigenvalue weighted by Crippen LogP contribution is 2.31. The molecule has 0 amide bonds. The van der Waals surface area contributed by atoms with Crippen molar-refractivity contribution in [3.8, 4) is 0 Å². The van der Waals surface area contributed by atoms with Crippen LogP contribution in [-0.2, 0) is 9.53 Å². The lowest BCUT2D eigenvalue weighted by atomic mass is 9.80. The van der Waals surface area contributed by atoms with Crippen LogP contribution in [0.3, 0.4) is 0 Å². The molecule has 4 nitrogen and oxygen atoms in total. The van der Waals surface area contributed by atoms with Crippen LogP contribution in [0.15, 0.2) is 24.4 Å². The van der Waals surface area contributed by atoms with Gasteiger partial charge in [0, 0.05) is 6.20 Å². The summed E-state index contributed by atoms with van der Waals surface area (Å²) in [5.41, 5.74) is 6.27. The van der Waals surface area contributed by atoms with Crippen LogP contribution in [0.2, 0.25) is 0 Å². The molecule has 2 rings (SSSR count). The van der Waals surface area contributed by atoms with Crippen molar-refractivity contribution in [1.82, 2.24) is 4.98 Å². The van der Waals surface area contributed by atoms with Crippen molar-refractivity contribution in [3.63, 3.8) is 0 Å². The Labute approximate surface area is 156 Å². The third kappa shape index (κ3) is 6.02. The lowest BCUT2D eigenvalue weighted by Gasteiger charge is -2.28. The molecule has 0 aromatic carbocycles. The standard InChI is InChI=1S/C18H26N2O2S.ClH/c1-2-5-13-7-9-14(10-8-13)12-22-18(21)16(17(19)23)15-6-3-4-11-20-15;/h3-4,6,11,13-14,16H,2,5,7-10,12H2,1H3,(H2,19,23);1H. The van der Waals surface area contributed by atoms with Crippen molar-refractivity contribution in [2.24, 2.45) is 17.6 Å². The predicted octanol–water partition coefficient (Wildman–Crippen LogP) is 4.02. The highest BCUT2D eigenvalue weighted by molar-refractivity contribution is 7.80. The first-order valence-corrected chi connectivity index (χ1v) is 8.89. The van der Waals surface area contributed by atoms with Crippen LogP contribution in [0.1, 0.15) is 57.1 Å². The van der Waals surface area contributed by atoms with E-state index in [0.717, 1.165) is 18.8 Å². The Kier molecular flexibility index (Phi) is 9.22. The second-order valence-corrected chi connectivity index (χ2v) is 6.87. The summed E-state index contributed by atoms with van der Waals surface area (Å²) in [6.45, 7) is 2.70. The van der Waals surface area contributed by atoms with E-state index < -0.39 is 5.92 Å². The summed E-state index contributed by atoms with van der Waals surface area (Å²) >= 11 is 5.03. The largest absolute Gasteiger partial charge is 0.465 e. The molecule has 0 saturated heterocycles. The summed E-state index contributed by atoms with van der Waals surface area (Å²) in [7, 11) is 0. The second kappa shape index (κ2) is 10.6. The highest BCUT2D eigenvalue weighted by atomic mass is 35.5. The maximum atomic E-state index is 12.4. The average molecular weight is 371 g/mol. The van der Waals surface area contributed by atoms with E-state index in [-0.39, 0.29) is 23.4 Å². The number of nitrogens with two attached hydrogens (primary N) is 1. The van der Waals surface area contributed by atoms with Crippen molar-refractivity contribution in [1.29, 1.82) is 0 Å². The van der Waals surface area contributed by atoms with Gasteiger partial charge < -0.3 is 10.5 Å². The van der Waals surface area contributed by atoms with Gasteiger partial charge in [-0.1, -0.05) is 50.9 Å². The number of rotatable bonds is 7. The lowest BCUT2D eigenvalue weighted by molar-refractivity contribution is -0.145. The smallest absolute Gasteiger partial charge is 0.322 e. The zero-order valence-corrected chi connectivity index (χ0v) is 15.8. The van der Waals surface area contributed by atoms with E-state index in [0.29, 0.717) is 18.2 Å². The summed E-state index contributed by atoms with van der Waals surface area (Å²) in [5.74, 6) is 0.183. The summed E-state index contributed by atoms with van der Waals surface area (Å²) in [6.07, 6.45) is 8.96. The van der Waals surface area contributed by atoms with Gasteiger partial charge in [-0.05, 0) is 36.8 Å². The monoisotopic (exact) mass is 370 g/mol. The molecular formula is C18H27ClN2O2S. The number of halogens is 1. The Morgan fingerprint density at radius 3 is 2.54 bits per heavy atom. The van der Waals surface area contributed by atoms with Gasteiger partial charge in [-0.3, -0.25) is 9.78 Å². The van der Waals surface area contributed by atoms with Crippen molar-refractivity contribution in [2.45, 2.75) is 51.4 Å². The molecule has 1 aromatic heterocycles. The maximum absolute atomic E-state index is 12.4. The molecule has 24 heavy (non-hydrogen) atoms. The number of carbonyl (C=O) groups is 1. The Morgan fingerprint density at radius 2 is 2.00 bits per heavy atom. The quantitative estimate of drug-likeness (QED) is 0.580. The molecule has 134 valence electrons. The van der Waals surface area contributed by atoms with E-state index >= 15 is 0 Å². The van der Waals surface area contributed by atoms with Crippen molar-refractivity contribution < 1.29 is 9.53 Å². The van der Waals surface area contributed by atoms with Crippen LogP contribution in [0.5, 0.6) is 0 Å². The maximum Gasteiger partial charge on any atom is 0.322 e. The predicted molar refractivity (Wildman–Crippen MR) is 102 cm³/mol. The van der Waals surface area contributed by atoms with Gasteiger partial charge in [0.2, 0.25) is 0 Å². The fraction of sp³-hybridized carbons (Fsp3) is 0.611. The number of nitrogens with zero attached hydrogens (tertiary/aromatic N) is 1. The minimum atomic E-state index is -0.748. The zero-order valence-electron chi connectivity index (χ0n) is 14.1. The molecule has 1 aliphatic carbocycles. The number of aromatic nitrogens is 1. The minimum Gasteiger partial charge on any atom is -0.465 e. The summed E-state index contributed by atoms with van der Waals surface area (Å²) in [4.78, 5) is 16.7. The van der Waals surface area contributed by atoms with Crippen molar-refractivity contribution in [2.75, 3.05) is 6.61 Å². The molecule has 1 aromatic rings. The molecule has 1 saturated carbocycles. The topological polar surface area (TPSA) is 65.2 Å². The molecule has 6 heteroatoms. The van der Waals surface area contributed by atoms with Gasteiger partial charge in [0.15, 0.2) is 0 Å². The fourth-order valence-corrected chi connectivity index (χ4v) is 3.52. The number of thiocarbonyl (C=S) groups is 1. The zero-order chi connectivity index (χ0) is 16.7. The van der Waals surface area contributed by atoms with Crippen LogP contribution in [0.25, 0.3) is 0 Å². The molecule has 1 unspecified atom stereocenters. The fourth-order valence-electron chi connectivity index (χ4n) is 3.31. The van der Waals surface area contributed by atoms with Gasteiger partial charge in [-0.15, -0.1) is 12.4 Å². The molecular weight excluding hydrogens is 344 g/mol. The van der Waals surface area contributed by atoms with E-state index in [9.17, 15) is 4.79 Å². The molecule has 0 radical (unpaired) electrons. The Morgan fingerprint density at radius 1 is 1.33 bits per heavy atom. The molecule has 0 aliphatic heterocycles. The summed E-state index contributed by atoms with van der Waals surface area (Å²) in [5, 5.41) is 0. The number of pyridine rings is 1. The Bertz CT molecular complexity index is 519. The first-order valence-electron chi connectivity index (χ1n) is 8.48. The van der Waals surface area contributed by atoms with Crippen molar-refractivity contribution >= 4 is 35.6 Å². The molecule has 1 aliphatic rings. The molecule has 0 bridgehead atoms. The molecule has 1 heterocycles. The van der Waals surface area contributed by atoms with E-state index in [4.69, 9.17) is 22.7 Å². The van der Waals surface area contributed by atoms with Gasteiger partial charge in [-0.25, -0.2) is 0 Å². The number of hydrogen-bond acceptors (Lipinski definition) is 4. The third-order valence-electron chi connectivity index (χ3n) is 4.63. The molecule has 2 N–H and O–H groups in total. The van der Waals surface area contributed by atoms with Crippen molar-refractivity contribution in [3.05, 3.63) is 30.1 Å². The highest BCUT2D eigenvalue weighted by Gasteiger charge is 2.28. The van der Waals surface area contributed by atoms with E-state index in [1.54, 1.807) is 18.3 Å². The van der Waals surface area contributed by atoms with Gasteiger partial charge in [0.1, 0.15) is 5.92 Å². The Balaban J connectivity index is 0.00000288. The SMILES string of the molecule is CCCC1CCC(COC(=O)C(C(N)=S)c2ccccn2)CC1.Cl. The van der Waals surface area contributed by atoms with E-state index in [2.05, 4.69) is 11.9 Å². The van der Waals surface area contributed by atoms with Crippen LogP contribution in [0.4, 0.5) is 0 Å². The Hall–Kier alpha value is -1.20. The number of ether oxygens (including phenoxy) is 1. The van der Waals surface area contributed by atoms with Gasteiger partial charge in [0.05, 0.1) is 17.3 Å². The van der Waals surface area contributed by atoms with E-state index in [1.165, 1.54) is 25.7 Å². The molecule has 0 spiro atoms. The normalized spacial score (nSPS) is 21.4. The molecule has 1 atom stereocenters. The molecule has 1 fully saturated rings. The van der Waals surface area contributed by atoms with Gasteiger partial charge in [-0.2, -0.15) is 0 Å². The number of hydrogen-bond donors (Lipinski definition) is 1. The average Bonchev–Trinajstić information content (AvgIpc) is 2.55. The third-order valence-corrected chi connectivity index (χ3v) is 4.86. The summed E-state index contributed by atoms with van der Waals surface area (Å²) in [6, 6.07) is 5.36. The first kappa shape index (κ1) is 20.8. The van der Waals surface area contributed by atoms with Crippen LogP contribution in [0, 0.1) is 11.8 Å².